The monoisotopic (exact) mass is 384 g/mol. The summed E-state index contributed by atoms with van der Waals surface area (Å²) in [5.74, 6) is 0.530. The number of imide groups is 1. The number of halogens is 1. The molecule has 1 aromatic carbocycles. The second kappa shape index (κ2) is 7.24. The van der Waals surface area contributed by atoms with Crippen LogP contribution in [-0.2, 0) is 16.1 Å². The van der Waals surface area contributed by atoms with Crippen molar-refractivity contribution < 1.29 is 14.0 Å². The van der Waals surface area contributed by atoms with Crippen molar-refractivity contribution in [1.29, 1.82) is 0 Å². The summed E-state index contributed by atoms with van der Waals surface area (Å²) in [6.07, 6.45) is 3.69. The summed E-state index contributed by atoms with van der Waals surface area (Å²) in [7, 11) is 0. The summed E-state index contributed by atoms with van der Waals surface area (Å²) in [5.41, 5.74) is 1.67. The van der Waals surface area contributed by atoms with Crippen LogP contribution in [0.2, 0.25) is 5.02 Å². The number of furan rings is 1. The summed E-state index contributed by atoms with van der Waals surface area (Å²) < 4.78 is 5.35. The molecule has 1 fully saturated rings. The number of hydrogen-bond donors (Lipinski definition) is 0. The van der Waals surface area contributed by atoms with Crippen LogP contribution < -0.4 is 0 Å². The Morgan fingerprint density at radius 3 is 2.59 bits per heavy atom. The number of nitrogens with zero attached hydrogens (tertiary/aromatic N) is 2. The van der Waals surface area contributed by atoms with Crippen LogP contribution in [0, 0.1) is 5.92 Å². The summed E-state index contributed by atoms with van der Waals surface area (Å²) in [4.78, 5) is 29.8. The first-order chi connectivity index (χ1) is 13.0. The molecule has 0 aliphatic carbocycles. The standard InChI is InChI=1S/C21H21ClN2O3/c1-14-4-2-10-23(12-14)19-18(15-6-8-16(22)9-7-15)20(25)24(21(19)26)13-17-5-3-11-27-17/h3,5-9,11,14H,2,4,10,12-13H2,1H3. The van der Waals surface area contributed by atoms with Gasteiger partial charge in [0.1, 0.15) is 11.5 Å². The molecule has 0 N–H and O–H groups in total. The summed E-state index contributed by atoms with van der Waals surface area (Å²) in [5, 5.41) is 0.594. The summed E-state index contributed by atoms with van der Waals surface area (Å²) >= 11 is 6.01. The lowest BCUT2D eigenvalue weighted by atomic mass is 9.98. The van der Waals surface area contributed by atoms with Gasteiger partial charge < -0.3 is 9.32 Å². The molecule has 5 nitrogen and oxygen atoms in total. The van der Waals surface area contributed by atoms with Crippen molar-refractivity contribution in [3.63, 3.8) is 0 Å². The van der Waals surface area contributed by atoms with Gasteiger partial charge in [-0.05, 0) is 48.6 Å². The van der Waals surface area contributed by atoms with Gasteiger partial charge >= 0.3 is 0 Å². The first-order valence-corrected chi connectivity index (χ1v) is 9.56. The first kappa shape index (κ1) is 17.9. The number of piperidine rings is 1. The second-order valence-electron chi connectivity index (χ2n) is 7.20. The number of carbonyl (C=O) groups is 2. The molecule has 2 aliphatic rings. The maximum Gasteiger partial charge on any atom is 0.278 e. The van der Waals surface area contributed by atoms with Crippen molar-refractivity contribution in [3.05, 3.63) is 64.7 Å². The van der Waals surface area contributed by atoms with E-state index in [-0.39, 0.29) is 18.4 Å². The highest BCUT2D eigenvalue weighted by Crippen LogP contribution is 2.35. The maximum atomic E-state index is 13.2. The smallest absolute Gasteiger partial charge is 0.278 e. The van der Waals surface area contributed by atoms with Gasteiger partial charge in [-0.2, -0.15) is 0 Å². The highest BCUT2D eigenvalue weighted by atomic mass is 35.5. The van der Waals surface area contributed by atoms with Crippen LogP contribution in [0.25, 0.3) is 5.57 Å². The van der Waals surface area contributed by atoms with Gasteiger partial charge in [-0.25, -0.2) is 0 Å². The fourth-order valence-corrected chi connectivity index (χ4v) is 3.95. The zero-order valence-corrected chi connectivity index (χ0v) is 15.9. The van der Waals surface area contributed by atoms with E-state index in [4.69, 9.17) is 16.0 Å². The van der Waals surface area contributed by atoms with Gasteiger partial charge in [0.25, 0.3) is 11.8 Å². The van der Waals surface area contributed by atoms with Crippen molar-refractivity contribution in [2.75, 3.05) is 13.1 Å². The van der Waals surface area contributed by atoms with Crippen LogP contribution in [0.1, 0.15) is 31.1 Å². The van der Waals surface area contributed by atoms with Gasteiger partial charge in [0.05, 0.1) is 18.4 Å². The predicted molar refractivity (Wildman–Crippen MR) is 103 cm³/mol. The van der Waals surface area contributed by atoms with E-state index in [0.29, 0.717) is 33.5 Å². The second-order valence-corrected chi connectivity index (χ2v) is 7.64. The van der Waals surface area contributed by atoms with E-state index in [1.54, 1.807) is 42.7 Å². The highest BCUT2D eigenvalue weighted by molar-refractivity contribution is 6.35. The molecular weight excluding hydrogens is 364 g/mol. The molecule has 1 aromatic heterocycles. The normalized spacial score (nSPS) is 20.7. The lowest BCUT2D eigenvalue weighted by molar-refractivity contribution is -0.138. The number of amides is 2. The van der Waals surface area contributed by atoms with E-state index in [1.165, 1.54) is 4.90 Å². The van der Waals surface area contributed by atoms with Crippen LogP contribution in [-0.4, -0.2) is 34.7 Å². The molecule has 0 saturated carbocycles. The number of hydrogen-bond acceptors (Lipinski definition) is 4. The average Bonchev–Trinajstić information content (AvgIpc) is 3.25. The highest BCUT2D eigenvalue weighted by Gasteiger charge is 2.42. The van der Waals surface area contributed by atoms with Gasteiger partial charge in [0.2, 0.25) is 0 Å². The lowest BCUT2D eigenvalue weighted by Crippen LogP contribution is -2.39. The molecule has 2 aromatic rings. The molecule has 2 aliphatic heterocycles. The minimum Gasteiger partial charge on any atom is -0.467 e. The molecule has 6 heteroatoms. The molecule has 1 atom stereocenters. The van der Waals surface area contributed by atoms with Gasteiger partial charge in [-0.15, -0.1) is 0 Å². The third-order valence-corrected chi connectivity index (χ3v) is 5.40. The van der Waals surface area contributed by atoms with Crippen LogP contribution in [0.4, 0.5) is 0 Å². The minimum atomic E-state index is -0.285. The number of rotatable bonds is 4. The van der Waals surface area contributed by atoms with Gasteiger partial charge in [-0.1, -0.05) is 30.7 Å². The van der Waals surface area contributed by atoms with E-state index < -0.39 is 0 Å². The van der Waals surface area contributed by atoms with Gasteiger partial charge in [-0.3, -0.25) is 14.5 Å². The SMILES string of the molecule is CC1CCCN(C2=C(c3ccc(Cl)cc3)C(=O)N(Cc3ccco3)C2=O)C1. The van der Waals surface area contributed by atoms with Crippen LogP contribution in [0.15, 0.2) is 52.8 Å². The third kappa shape index (κ3) is 3.39. The predicted octanol–water partition coefficient (Wildman–Crippen LogP) is 3.95. The number of carbonyl (C=O) groups excluding carboxylic acids is 2. The van der Waals surface area contributed by atoms with Crippen molar-refractivity contribution in [2.45, 2.75) is 26.3 Å². The molecule has 0 bridgehead atoms. The fraction of sp³-hybridized carbons (Fsp3) is 0.333. The molecule has 0 radical (unpaired) electrons. The largest absolute Gasteiger partial charge is 0.467 e. The molecule has 1 unspecified atom stereocenters. The Balaban J connectivity index is 1.75. The Morgan fingerprint density at radius 2 is 1.93 bits per heavy atom. The molecule has 1 saturated heterocycles. The average molecular weight is 385 g/mol. The Morgan fingerprint density at radius 1 is 1.15 bits per heavy atom. The molecule has 4 rings (SSSR count). The minimum absolute atomic E-state index is 0.134. The molecule has 140 valence electrons. The van der Waals surface area contributed by atoms with Crippen molar-refractivity contribution in [3.8, 4) is 0 Å². The zero-order valence-electron chi connectivity index (χ0n) is 15.2. The number of benzene rings is 1. The Labute approximate surface area is 163 Å². The quantitative estimate of drug-likeness (QED) is 0.749. The maximum absolute atomic E-state index is 13.2. The molecule has 3 heterocycles. The lowest BCUT2D eigenvalue weighted by Gasteiger charge is -2.33. The van der Waals surface area contributed by atoms with E-state index in [9.17, 15) is 9.59 Å². The molecular formula is C21H21ClN2O3. The molecule has 27 heavy (non-hydrogen) atoms. The summed E-state index contributed by atoms with van der Waals surface area (Å²) in [6.45, 7) is 3.87. The first-order valence-electron chi connectivity index (χ1n) is 9.18. The van der Waals surface area contributed by atoms with E-state index in [0.717, 1.165) is 25.9 Å². The fourth-order valence-electron chi connectivity index (χ4n) is 3.83. The van der Waals surface area contributed by atoms with Gasteiger partial charge in [0.15, 0.2) is 0 Å². The Bertz CT molecular complexity index is 887. The van der Waals surface area contributed by atoms with Gasteiger partial charge in [0, 0.05) is 18.1 Å². The molecule has 2 amide bonds. The van der Waals surface area contributed by atoms with Crippen LogP contribution in [0.5, 0.6) is 0 Å². The summed E-state index contributed by atoms with van der Waals surface area (Å²) in [6, 6.07) is 10.6. The van der Waals surface area contributed by atoms with Crippen LogP contribution in [0.3, 0.4) is 0 Å². The topological polar surface area (TPSA) is 53.8 Å². The third-order valence-electron chi connectivity index (χ3n) is 5.14. The van der Waals surface area contributed by atoms with Crippen molar-refractivity contribution >= 4 is 29.0 Å². The Kier molecular flexibility index (Phi) is 4.79. The zero-order chi connectivity index (χ0) is 19.0. The molecule has 0 spiro atoms. The van der Waals surface area contributed by atoms with Crippen molar-refractivity contribution in [1.82, 2.24) is 9.80 Å². The van der Waals surface area contributed by atoms with E-state index in [1.807, 2.05) is 0 Å². The Hall–Kier alpha value is -2.53. The van der Waals surface area contributed by atoms with E-state index in [2.05, 4.69) is 11.8 Å². The van der Waals surface area contributed by atoms with Crippen LogP contribution >= 0.6 is 11.6 Å². The van der Waals surface area contributed by atoms with E-state index >= 15 is 0 Å². The number of likely N-dealkylation sites (tertiary alicyclic amines) is 1. The van der Waals surface area contributed by atoms with Crippen molar-refractivity contribution in [2.24, 2.45) is 5.92 Å².